The molecule has 2 N–H and O–H groups in total. The first-order valence-electron chi connectivity index (χ1n) is 3.68. The minimum atomic E-state index is -2.59. The van der Waals surface area contributed by atoms with Gasteiger partial charge in [0.2, 0.25) is 0 Å². The highest BCUT2D eigenvalue weighted by molar-refractivity contribution is 5.48. The maximum atomic E-state index is 12.2. The van der Waals surface area contributed by atoms with Crippen molar-refractivity contribution in [3.63, 3.8) is 0 Å². The quantitative estimate of drug-likeness (QED) is 0.743. The van der Waals surface area contributed by atoms with Gasteiger partial charge in [0.25, 0.3) is 6.43 Å². The molecule has 1 aromatic rings. The van der Waals surface area contributed by atoms with Gasteiger partial charge in [-0.25, -0.2) is 8.78 Å². The Morgan fingerprint density at radius 1 is 1.58 bits per heavy atom. The molecule has 68 valence electrons. The first-order valence-corrected chi connectivity index (χ1v) is 3.68. The third-order valence-corrected chi connectivity index (χ3v) is 1.79. The number of hydrogen-bond acceptors (Lipinski definition) is 2. The second kappa shape index (κ2) is 3.08. The van der Waals surface area contributed by atoms with Crippen LogP contribution in [0, 0.1) is 6.92 Å². The van der Waals surface area contributed by atoms with Gasteiger partial charge in [-0.1, -0.05) is 0 Å². The summed E-state index contributed by atoms with van der Waals surface area (Å²) in [5.74, 6) is 0. The number of rotatable bonds is 2. The molecule has 0 aromatic carbocycles. The molecule has 0 amide bonds. The van der Waals surface area contributed by atoms with Crippen molar-refractivity contribution in [2.75, 3.05) is 5.73 Å². The molecule has 0 aliphatic heterocycles. The van der Waals surface area contributed by atoms with Gasteiger partial charge in [-0.05, 0) is 13.8 Å². The monoisotopic (exact) mass is 175 g/mol. The summed E-state index contributed by atoms with van der Waals surface area (Å²) in [6, 6.07) is 0. The molecule has 12 heavy (non-hydrogen) atoms. The van der Waals surface area contributed by atoms with E-state index in [0.29, 0.717) is 12.2 Å². The smallest absolute Gasteiger partial charge is 0.284 e. The zero-order chi connectivity index (χ0) is 9.30. The van der Waals surface area contributed by atoms with E-state index >= 15 is 0 Å². The summed E-state index contributed by atoms with van der Waals surface area (Å²) in [6.45, 7) is 4.06. The highest BCUT2D eigenvalue weighted by Crippen LogP contribution is 2.25. The standard InChI is InChI=1S/C7H11F2N3/c1-3-12-4(2)5(10)6(11-12)7(8)9/h7H,3,10H2,1-2H3. The van der Waals surface area contributed by atoms with E-state index in [1.807, 2.05) is 6.92 Å². The Hall–Kier alpha value is -1.13. The van der Waals surface area contributed by atoms with Crippen LogP contribution in [0.15, 0.2) is 0 Å². The largest absolute Gasteiger partial charge is 0.396 e. The summed E-state index contributed by atoms with van der Waals surface area (Å²) in [5.41, 5.74) is 5.81. The number of hydrogen-bond donors (Lipinski definition) is 1. The van der Waals surface area contributed by atoms with E-state index in [4.69, 9.17) is 5.73 Å². The Morgan fingerprint density at radius 2 is 2.17 bits per heavy atom. The average Bonchev–Trinajstić information content (AvgIpc) is 2.30. The molecular weight excluding hydrogens is 164 g/mol. The topological polar surface area (TPSA) is 43.8 Å². The maximum Gasteiger partial charge on any atom is 0.284 e. The molecule has 0 aliphatic carbocycles. The Morgan fingerprint density at radius 3 is 2.42 bits per heavy atom. The van der Waals surface area contributed by atoms with Crippen LogP contribution in [-0.4, -0.2) is 9.78 Å². The zero-order valence-corrected chi connectivity index (χ0v) is 7.01. The van der Waals surface area contributed by atoms with Gasteiger partial charge in [-0.15, -0.1) is 0 Å². The Kier molecular flexibility index (Phi) is 2.30. The molecule has 5 heteroatoms. The molecular formula is C7H11F2N3. The predicted molar refractivity (Wildman–Crippen MR) is 42.0 cm³/mol. The van der Waals surface area contributed by atoms with E-state index in [2.05, 4.69) is 5.10 Å². The van der Waals surface area contributed by atoms with Gasteiger partial charge in [0.05, 0.1) is 11.4 Å². The average molecular weight is 175 g/mol. The van der Waals surface area contributed by atoms with Crippen LogP contribution in [-0.2, 0) is 6.54 Å². The molecule has 1 heterocycles. The van der Waals surface area contributed by atoms with E-state index in [-0.39, 0.29) is 11.4 Å². The predicted octanol–water partition coefficient (Wildman–Crippen LogP) is 1.73. The lowest BCUT2D eigenvalue weighted by Crippen LogP contribution is -1.99. The normalized spacial score (nSPS) is 11.1. The van der Waals surface area contributed by atoms with E-state index in [1.54, 1.807) is 6.92 Å². The van der Waals surface area contributed by atoms with E-state index in [9.17, 15) is 8.78 Å². The van der Waals surface area contributed by atoms with Crippen molar-refractivity contribution in [3.8, 4) is 0 Å². The van der Waals surface area contributed by atoms with Gasteiger partial charge in [0, 0.05) is 6.54 Å². The van der Waals surface area contributed by atoms with Crippen molar-refractivity contribution in [1.82, 2.24) is 9.78 Å². The van der Waals surface area contributed by atoms with Crippen molar-refractivity contribution in [3.05, 3.63) is 11.4 Å². The number of halogens is 2. The highest BCUT2D eigenvalue weighted by Gasteiger charge is 2.18. The summed E-state index contributed by atoms with van der Waals surface area (Å²) in [4.78, 5) is 0. The second-order valence-electron chi connectivity index (χ2n) is 2.50. The maximum absolute atomic E-state index is 12.2. The third-order valence-electron chi connectivity index (χ3n) is 1.79. The number of aromatic nitrogens is 2. The molecule has 1 aromatic heterocycles. The second-order valence-corrected chi connectivity index (χ2v) is 2.50. The fraction of sp³-hybridized carbons (Fsp3) is 0.571. The molecule has 0 spiro atoms. The molecule has 0 radical (unpaired) electrons. The van der Waals surface area contributed by atoms with E-state index < -0.39 is 6.43 Å². The summed E-state index contributed by atoms with van der Waals surface area (Å²) >= 11 is 0. The van der Waals surface area contributed by atoms with Crippen LogP contribution < -0.4 is 5.73 Å². The number of nitrogens with zero attached hydrogens (tertiary/aromatic N) is 2. The summed E-state index contributed by atoms with van der Waals surface area (Å²) in [5, 5.41) is 3.67. The van der Waals surface area contributed by atoms with Crippen molar-refractivity contribution in [1.29, 1.82) is 0 Å². The molecule has 1 rings (SSSR count). The summed E-state index contributed by atoms with van der Waals surface area (Å²) in [6.07, 6.45) is -2.59. The highest BCUT2D eigenvalue weighted by atomic mass is 19.3. The lowest BCUT2D eigenvalue weighted by atomic mass is 10.3. The molecule has 0 bridgehead atoms. The van der Waals surface area contributed by atoms with Crippen LogP contribution in [0.3, 0.4) is 0 Å². The fourth-order valence-electron chi connectivity index (χ4n) is 1.05. The van der Waals surface area contributed by atoms with Crippen molar-refractivity contribution >= 4 is 5.69 Å². The molecule has 0 atom stereocenters. The number of nitrogen functional groups attached to an aromatic ring is 1. The Labute approximate surface area is 69.2 Å². The Balaban J connectivity index is 3.16. The summed E-state index contributed by atoms with van der Waals surface area (Å²) < 4.78 is 25.9. The third kappa shape index (κ3) is 1.26. The van der Waals surface area contributed by atoms with E-state index in [0.717, 1.165) is 0 Å². The molecule has 3 nitrogen and oxygen atoms in total. The molecule has 0 fully saturated rings. The minimum Gasteiger partial charge on any atom is -0.396 e. The van der Waals surface area contributed by atoms with Gasteiger partial charge >= 0.3 is 0 Å². The lowest BCUT2D eigenvalue weighted by Gasteiger charge is -1.96. The number of alkyl halides is 2. The van der Waals surface area contributed by atoms with Crippen LogP contribution >= 0.6 is 0 Å². The van der Waals surface area contributed by atoms with Crippen LogP contribution in [0.5, 0.6) is 0 Å². The lowest BCUT2D eigenvalue weighted by molar-refractivity contribution is 0.146. The van der Waals surface area contributed by atoms with Crippen LogP contribution in [0.2, 0.25) is 0 Å². The number of aryl methyl sites for hydroxylation is 1. The fourth-order valence-corrected chi connectivity index (χ4v) is 1.05. The van der Waals surface area contributed by atoms with E-state index in [1.165, 1.54) is 4.68 Å². The van der Waals surface area contributed by atoms with Crippen molar-refractivity contribution in [2.45, 2.75) is 26.8 Å². The first kappa shape index (κ1) is 8.96. The minimum absolute atomic E-state index is 0.104. The van der Waals surface area contributed by atoms with Crippen LogP contribution in [0.25, 0.3) is 0 Å². The Bertz CT molecular complexity index is 280. The van der Waals surface area contributed by atoms with Gasteiger partial charge in [-0.3, -0.25) is 4.68 Å². The van der Waals surface area contributed by atoms with Gasteiger partial charge in [0.1, 0.15) is 0 Å². The SMILES string of the molecule is CCn1nc(C(F)F)c(N)c1C. The van der Waals surface area contributed by atoms with Crippen molar-refractivity contribution < 1.29 is 8.78 Å². The molecule has 0 saturated carbocycles. The molecule has 0 unspecified atom stereocenters. The van der Waals surface area contributed by atoms with Gasteiger partial charge in [0.15, 0.2) is 5.69 Å². The van der Waals surface area contributed by atoms with Crippen molar-refractivity contribution in [2.24, 2.45) is 0 Å². The van der Waals surface area contributed by atoms with Gasteiger partial charge in [-0.2, -0.15) is 5.10 Å². The van der Waals surface area contributed by atoms with Crippen LogP contribution in [0.1, 0.15) is 24.7 Å². The van der Waals surface area contributed by atoms with Crippen LogP contribution in [0.4, 0.5) is 14.5 Å². The van der Waals surface area contributed by atoms with Gasteiger partial charge < -0.3 is 5.73 Å². The molecule has 0 aliphatic rings. The zero-order valence-electron chi connectivity index (χ0n) is 7.01. The first-order chi connectivity index (χ1) is 5.57. The summed E-state index contributed by atoms with van der Waals surface area (Å²) in [7, 11) is 0. The number of anilines is 1. The number of nitrogens with two attached hydrogens (primary N) is 1. The molecule has 0 saturated heterocycles.